The van der Waals surface area contributed by atoms with Gasteiger partial charge in [-0.05, 0) is 0 Å². The molecule has 122 valence electrons. The Kier molecular flexibility index (Phi) is 5.71. The molecule has 0 saturated heterocycles. The molecule has 1 nitrogen and oxygen atoms in total. The summed E-state index contributed by atoms with van der Waals surface area (Å²) in [4.78, 5) is 0. The zero-order valence-electron chi connectivity index (χ0n) is 14.2. The standard InChI is InChI=1S/C18H36BOP/c19-21(16-9-3-1-4-10-16,17-11-5-2-6-12-17)18-13-7-8-15(20)14-18/h15-18,20-21H,1-14,19H2. The van der Waals surface area contributed by atoms with E-state index in [1.807, 2.05) is 0 Å². The van der Waals surface area contributed by atoms with Gasteiger partial charge in [0.1, 0.15) is 0 Å². The molecule has 21 heavy (non-hydrogen) atoms. The Hall–Kier alpha value is 0.455. The van der Waals surface area contributed by atoms with Crippen molar-refractivity contribution in [2.45, 2.75) is 113 Å². The molecule has 0 aliphatic heterocycles. The summed E-state index contributed by atoms with van der Waals surface area (Å²) in [5, 5.41) is 10.3. The van der Waals surface area contributed by atoms with Crippen LogP contribution in [-0.4, -0.2) is 35.8 Å². The monoisotopic (exact) mass is 310 g/mol. The predicted molar refractivity (Wildman–Crippen MR) is 98.9 cm³/mol. The van der Waals surface area contributed by atoms with E-state index < -0.39 is 7.14 Å². The Morgan fingerprint density at radius 3 is 1.57 bits per heavy atom. The number of hydrogen-bond acceptors (Lipinski definition) is 1. The van der Waals surface area contributed by atoms with Crippen LogP contribution in [0.15, 0.2) is 0 Å². The molecule has 2 atom stereocenters. The van der Waals surface area contributed by atoms with Gasteiger partial charge in [0.15, 0.2) is 0 Å². The van der Waals surface area contributed by atoms with Crippen LogP contribution in [0.25, 0.3) is 0 Å². The van der Waals surface area contributed by atoms with Crippen LogP contribution in [0.2, 0.25) is 0 Å². The van der Waals surface area contributed by atoms with Crippen molar-refractivity contribution in [1.82, 2.24) is 0 Å². The number of aliphatic hydroxyl groups excluding tert-OH is 1. The van der Waals surface area contributed by atoms with Gasteiger partial charge in [0.05, 0.1) is 0 Å². The van der Waals surface area contributed by atoms with E-state index in [4.69, 9.17) is 0 Å². The zero-order chi connectivity index (χ0) is 14.7. The van der Waals surface area contributed by atoms with Gasteiger partial charge >= 0.3 is 133 Å². The Bertz CT molecular complexity index is 305. The summed E-state index contributed by atoms with van der Waals surface area (Å²) in [7, 11) is 1.54. The van der Waals surface area contributed by atoms with E-state index in [1.165, 1.54) is 77.0 Å². The minimum atomic E-state index is -1.25. The van der Waals surface area contributed by atoms with Crippen LogP contribution in [0.4, 0.5) is 0 Å². The van der Waals surface area contributed by atoms with Gasteiger partial charge < -0.3 is 0 Å². The molecule has 2 unspecified atom stereocenters. The van der Waals surface area contributed by atoms with Crippen molar-refractivity contribution in [3.63, 3.8) is 0 Å². The van der Waals surface area contributed by atoms with Gasteiger partial charge in [0.2, 0.25) is 0 Å². The van der Waals surface area contributed by atoms with Crippen LogP contribution in [0, 0.1) is 0 Å². The minimum absolute atomic E-state index is 0.0303. The molecule has 1 N–H and O–H groups in total. The Morgan fingerprint density at radius 1 is 0.619 bits per heavy atom. The first-order valence-corrected chi connectivity index (χ1v) is 12.6. The SMILES string of the molecule is B[PH](C1CCCCC1)(C1CCCCC1)C1CCCC(O)C1. The summed E-state index contributed by atoms with van der Waals surface area (Å²) in [5.41, 5.74) is 3.11. The number of hydrogen-bond donors (Lipinski definition) is 1. The molecule has 3 rings (SSSR count). The van der Waals surface area contributed by atoms with Crippen molar-refractivity contribution < 1.29 is 5.11 Å². The maximum absolute atomic E-state index is 10.3. The quantitative estimate of drug-likeness (QED) is 0.610. The third-order valence-electron chi connectivity index (χ3n) is 7.50. The molecule has 0 amide bonds. The van der Waals surface area contributed by atoms with E-state index in [2.05, 4.69) is 7.57 Å². The second-order valence-corrected chi connectivity index (χ2v) is 13.7. The molecule has 3 fully saturated rings. The van der Waals surface area contributed by atoms with E-state index in [0.29, 0.717) is 0 Å². The van der Waals surface area contributed by atoms with E-state index >= 15 is 0 Å². The van der Waals surface area contributed by atoms with Crippen molar-refractivity contribution in [2.75, 3.05) is 0 Å². The van der Waals surface area contributed by atoms with Crippen molar-refractivity contribution in [1.29, 1.82) is 0 Å². The van der Waals surface area contributed by atoms with Crippen LogP contribution in [0.5, 0.6) is 0 Å². The molecule has 0 radical (unpaired) electrons. The molecule has 0 spiro atoms. The van der Waals surface area contributed by atoms with Crippen LogP contribution in [0.1, 0.15) is 89.9 Å². The third kappa shape index (κ3) is 3.53. The fourth-order valence-electron chi connectivity index (χ4n) is 6.18. The second-order valence-electron chi connectivity index (χ2n) is 8.55. The molecule has 3 aliphatic carbocycles. The molecule has 0 aromatic heterocycles. The van der Waals surface area contributed by atoms with Crippen molar-refractivity contribution in [2.24, 2.45) is 0 Å². The molecular formula is C18H36BOP. The maximum atomic E-state index is 10.3. The summed E-state index contributed by atoms with van der Waals surface area (Å²) in [6.45, 7) is 0. The third-order valence-corrected chi connectivity index (χ3v) is 14.5. The van der Waals surface area contributed by atoms with Crippen molar-refractivity contribution in [3.05, 3.63) is 0 Å². The first kappa shape index (κ1) is 16.3. The average Bonchev–Trinajstić information content (AvgIpc) is 2.56. The summed E-state index contributed by atoms with van der Waals surface area (Å²) in [6.07, 6.45) is 20.1. The topological polar surface area (TPSA) is 20.2 Å². The summed E-state index contributed by atoms with van der Waals surface area (Å²) in [6, 6.07) is 0. The normalized spacial score (nSPS) is 34.7. The molecule has 0 bridgehead atoms. The Morgan fingerprint density at radius 2 is 1.10 bits per heavy atom. The second kappa shape index (κ2) is 7.35. The fourth-order valence-corrected chi connectivity index (χ4v) is 13.1. The van der Waals surface area contributed by atoms with E-state index in [1.54, 1.807) is 0 Å². The summed E-state index contributed by atoms with van der Waals surface area (Å²) >= 11 is 0. The van der Waals surface area contributed by atoms with Gasteiger partial charge in [-0.3, -0.25) is 0 Å². The molecule has 0 aromatic rings. The molecule has 3 saturated carbocycles. The van der Waals surface area contributed by atoms with Crippen molar-refractivity contribution >= 4 is 14.7 Å². The van der Waals surface area contributed by atoms with Gasteiger partial charge in [-0.15, -0.1) is 0 Å². The van der Waals surface area contributed by atoms with Gasteiger partial charge in [0, 0.05) is 0 Å². The van der Waals surface area contributed by atoms with Crippen LogP contribution >= 0.6 is 7.14 Å². The van der Waals surface area contributed by atoms with Crippen molar-refractivity contribution in [3.8, 4) is 0 Å². The number of aliphatic hydroxyl groups is 1. The van der Waals surface area contributed by atoms with E-state index in [0.717, 1.165) is 29.8 Å². The van der Waals surface area contributed by atoms with Gasteiger partial charge in [0.25, 0.3) is 0 Å². The summed E-state index contributed by atoms with van der Waals surface area (Å²) < 4.78 is 0. The Labute approximate surface area is 133 Å². The van der Waals surface area contributed by atoms with Gasteiger partial charge in [-0.25, -0.2) is 0 Å². The van der Waals surface area contributed by atoms with Gasteiger partial charge in [-0.1, -0.05) is 0 Å². The average molecular weight is 310 g/mol. The zero-order valence-corrected chi connectivity index (χ0v) is 15.2. The Balaban J connectivity index is 1.81. The molecule has 3 aliphatic rings. The van der Waals surface area contributed by atoms with Crippen LogP contribution in [-0.2, 0) is 0 Å². The van der Waals surface area contributed by atoms with Gasteiger partial charge in [-0.2, -0.15) is 0 Å². The first-order chi connectivity index (χ1) is 10.2. The fraction of sp³-hybridized carbons (Fsp3) is 1.00. The summed E-state index contributed by atoms with van der Waals surface area (Å²) in [5.74, 6) is 0. The molecule has 0 heterocycles. The van der Waals surface area contributed by atoms with E-state index in [-0.39, 0.29) is 6.10 Å². The molecule has 3 heteroatoms. The molecular weight excluding hydrogens is 274 g/mol. The molecule has 0 aromatic carbocycles. The number of rotatable bonds is 3. The predicted octanol–water partition coefficient (Wildman–Crippen LogP) is 4.25. The van der Waals surface area contributed by atoms with Crippen LogP contribution in [0.3, 0.4) is 0 Å². The van der Waals surface area contributed by atoms with Crippen LogP contribution < -0.4 is 0 Å². The first-order valence-electron chi connectivity index (χ1n) is 9.89. The van der Waals surface area contributed by atoms with E-state index in [9.17, 15) is 5.11 Å².